The van der Waals surface area contributed by atoms with E-state index >= 15 is 0 Å². The van der Waals surface area contributed by atoms with Gasteiger partial charge in [0.05, 0.1) is 24.4 Å². The topological polar surface area (TPSA) is 95.9 Å². The lowest BCUT2D eigenvalue weighted by molar-refractivity contribution is -0.141. The van der Waals surface area contributed by atoms with Crippen LogP contribution in [0.15, 0.2) is 60.7 Å². The van der Waals surface area contributed by atoms with Crippen LogP contribution in [0.5, 0.6) is 0 Å². The molecule has 2 aromatic rings. The number of rotatable bonds is 6. The molecule has 2 amide bonds. The summed E-state index contributed by atoms with van der Waals surface area (Å²) in [5.74, 6) is 0.102. The van der Waals surface area contributed by atoms with Crippen molar-refractivity contribution in [2.24, 2.45) is 5.92 Å². The Balaban J connectivity index is 1.15. The molecular weight excluding hydrogens is 464 g/mol. The number of thioether (sulfide) groups is 1. The third-order valence-corrected chi connectivity index (χ3v) is 8.06. The fourth-order valence-electron chi connectivity index (χ4n) is 5.31. The van der Waals surface area contributed by atoms with Crippen molar-refractivity contribution in [2.75, 3.05) is 24.7 Å². The van der Waals surface area contributed by atoms with Crippen molar-refractivity contribution in [3.05, 3.63) is 71.8 Å². The van der Waals surface area contributed by atoms with Crippen LogP contribution in [0.1, 0.15) is 29.9 Å². The van der Waals surface area contributed by atoms with E-state index in [0.29, 0.717) is 18.7 Å². The molecule has 3 atom stereocenters. The van der Waals surface area contributed by atoms with Crippen LogP contribution in [-0.4, -0.2) is 64.7 Å². The maximum absolute atomic E-state index is 13.1. The van der Waals surface area contributed by atoms with Gasteiger partial charge in [-0.05, 0) is 28.7 Å². The first-order valence-corrected chi connectivity index (χ1v) is 13.1. The van der Waals surface area contributed by atoms with E-state index in [2.05, 4.69) is 29.6 Å². The van der Waals surface area contributed by atoms with Gasteiger partial charge in [0.25, 0.3) is 0 Å². The third-order valence-electron chi connectivity index (χ3n) is 6.97. The number of nitrogens with zero attached hydrogens (tertiary/aromatic N) is 1. The summed E-state index contributed by atoms with van der Waals surface area (Å²) in [7, 11) is 0. The highest BCUT2D eigenvalue weighted by Crippen LogP contribution is 2.44. The second kappa shape index (κ2) is 10.2. The fourth-order valence-corrected chi connectivity index (χ4v) is 6.37. The molecule has 2 aromatic carbocycles. The number of carbonyl (C=O) groups is 3. The average Bonchev–Trinajstić information content (AvgIpc) is 3.45. The van der Waals surface area contributed by atoms with Crippen LogP contribution in [0.3, 0.4) is 0 Å². The normalized spacial score (nSPS) is 23.0. The number of ether oxygens (including phenoxy) is 1. The van der Waals surface area contributed by atoms with Crippen molar-refractivity contribution in [1.29, 1.82) is 0 Å². The zero-order chi connectivity index (χ0) is 24.4. The van der Waals surface area contributed by atoms with Crippen molar-refractivity contribution in [3.63, 3.8) is 0 Å². The van der Waals surface area contributed by atoms with E-state index in [4.69, 9.17) is 4.74 Å². The first-order valence-electron chi connectivity index (χ1n) is 11.9. The molecule has 2 aliphatic carbocycles. The van der Waals surface area contributed by atoms with Gasteiger partial charge in [0.2, 0.25) is 5.91 Å². The molecule has 1 heterocycles. The first-order chi connectivity index (χ1) is 17.0. The Hall–Kier alpha value is -3.26. The van der Waals surface area contributed by atoms with E-state index in [-0.39, 0.29) is 42.9 Å². The molecule has 1 aliphatic heterocycles. The molecule has 8 heteroatoms. The lowest BCUT2D eigenvalue weighted by Gasteiger charge is -2.36. The van der Waals surface area contributed by atoms with E-state index in [9.17, 15) is 19.5 Å². The molecule has 182 valence electrons. The van der Waals surface area contributed by atoms with Crippen LogP contribution in [-0.2, 0) is 14.3 Å². The van der Waals surface area contributed by atoms with Crippen LogP contribution >= 0.6 is 11.8 Å². The maximum Gasteiger partial charge on any atom is 0.407 e. The predicted octanol–water partition coefficient (Wildman–Crippen LogP) is 3.89. The van der Waals surface area contributed by atoms with Gasteiger partial charge in [-0.3, -0.25) is 9.59 Å². The smallest absolute Gasteiger partial charge is 0.407 e. The molecule has 5 rings (SSSR count). The Morgan fingerprint density at radius 2 is 1.71 bits per heavy atom. The number of aliphatic carboxylic acids is 1. The van der Waals surface area contributed by atoms with Gasteiger partial charge in [0.15, 0.2) is 0 Å². The summed E-state index contributed by atoms with van der Waals surface area (Å²) in [5, 5.41) is 12.1. The Labute approximate surface area is 208 Å². The molecule has 2 N–H and O–H groups in total. The van der Waals surface area contributed by atoms with Gasteiger partial charge >= 0.3 is 12.1 Å². The number of nitrogens with one attached hydrogen (secondary N) is 1. The Kier molecular flexibility index (Phi) is 6.81. The number of carbonyl (C=O) groups excluding carboxylic acids is 2. The minimum Gasteiger partial charge on any atom is -0.481 e. The van der Waals surface area contributed by atoms with Crippen LogP contribution in [0, 0.1) is 5.92 Å². The number of hydrogen-bond donors (Lipinski definition) is 2. The van der Waals surface area contributed by atoms with E-state index < -0.39 is 12.1 Å². The second-order valence-corrected chi connectivity index (χ2v) is 10.3. The molecule has 7 nitrogen and oxygen atoms in total. The van der Waals surface area contributed by atoms with E-state index in [0.717, 1.165) is 16.9 Å². The monoisotopic (exact) mass is 492 g/mol. The van der Waals surface area contributed by atoms with E-state index in [1.54, 1.807) is 16.7 Å². The molecule has 0 radical (unpaired) electrons. The quantitative estimate of drug-likeness (QED) is 0.594. The number of hydrogen-bond acceptors (Lipinski definition) is 5. The number of carboxylic acids is 1. The minimum atomic E-state index is -0.896. The molecule has 0 aromatic heterocycles. The number of alkyl carbamates (subject to hydrolysis) is 1. The first kappa shape index (κ1) is 23.5. The zero-order valence-electron chi connectivity index (χ0n) is 19.3. The highest BCUT2D eigenvalue weighted by molar-refractivity contribution is 7.99. The highest BCUT2D eigenvalue weighted by Gasteiger charge is 2.35. The predicted molar refractivity (Wildman–Crippen MR) is 134 cm³/mol. The number of benzene rings is 2. The lowest BCUT2D eigenvalue weighted by atomic mass is 9.98. The largest absolute Gasteiger partial charge is 0.481 e. The number of carboxylic acid groups (broad SMARTS) is 1. The van der Waals surface area contributed by atoms with Gasteiger partial charge in [0.1, 0.15) is 6.61 Å². The van der Waals surface area contributed by atoms with Crippen molar-refractivity contribution >= 4 is 29.7 Å². The zero-order valence-corrected chi connectivity index (χ0v) is 20.1. The van der Waals surface area contributed by atoms with Crippen LogP contribution in [0.2, 0.25) is 0 Å². The summed E-state index contributed by atoms with van der Waals surface area (Å²) in [6, 6.07) is 15.8. The molecule has 0 spiro atoms. The third kappa shape index (κ3) is 4.93. The molecule has 3 aliphatic rings. The number of fused-ring (bicyclic) bond motifs is 3. The number of amides is 2. The van der Waals surface area contributed by atoms with Gasteiger partial charge in [0, 0.05) is 24.0 Å². The van der Waals surface area contributed by atoms with Crippen LogP contribution < -0.4 is 5.32 Å². The van der Waals surface area contributed by atoms with Gasteiger partial charge in [-0.2, -0.15) is 11.8 Å². The summed E-state index contributed by atoms with van der Waals surface area (Å²) in [6.07, 6.45) is 3.54. The summed E-state index contributed by atoms with van der Waals surface area (Å²) >= 11 is 1.68. The standard InChI is InChI=1S/C27H28N2O5S/c30-25(31)14-19-16-35-12-11-29(19)26(32)17-9-10-18(13-17)28-27(33)34-15-24-22-7-3-1-5-20(22)21-6-2-4-8-23(21)24/h1-10,17-19,24H,11-16H2,(H,28,33)(H,30,31). The van der Waals surface area contributed by atoms with E-state index in [1.807, 2.05) is 36.4 Å². The van der Waals surface area contributed by atoms with E-state index in [1.165, 1.54) is 11.1 Å². The Morgan fingerprint density at radius 3 is 2.40 bits per heavy atom. The van der Waals surface area contributed by atoms with Gasteiger partial charge in [-0.15, -0.1) is 0 Å². The second-order valence-electron chi connectivity index (χ2n) is 9.16. The fraction of sp³-hybridized carbons (Fsp3) is 0.370. The molecule has 0 saturated carbocycles. The summed E-state index contributed by atoms with van der Waals surface area (Å²) in [5.41, 5.74) is 4.66. The van der Waals surface area contributed by atoms with Crippen LogP contribution in [0.25, 0.3) is 11.1 Å². The van der Waals surface area contributed by atoms with Crippen molar-refractivity contribution in [1.82, 2.24) is 10.2 Å². The Bertz CT molecular complexity index is 1120. The van der Waals surface area contributed by atoms with Crippen molar-refractivity contribution in [2.45, 2.75) is 30.8 Å². The molecule has 0 bridgehead atoms. The summed E-state index contributed by atoms with van der Waals surface area (Å²) < 4.78 is 5.63. The molecule has 1 saturated heterocycles. The van der Waals surface area contributed by atoms with Gasteiger partial charge in [-0.1, -0.05) is 60.7 Å². The summed E-state index contributed by atoms with van der Waals surface area (Å²) in [6.45, 7) is 0.789. The van der Waals surface area contributed by atoms with Gasteiger partial charge < -0.3 is 20.1 Å². The SMILES string of the molecule is O=C(O)CC1CSCCN1C(=O)C1C=CC(NC(=O)OCC2c3ccccc3-c3ccccc32)C1. The highest BCUT2D eigenvalue weighted by atomic mass is 32.2. The molecule has 3 unspecified atom stereocenters. The lowest BCUT2D eigenvalue weighted by Crippen LogP contribution is -2.49. The van der Waals surface area contributed by atoms with Gasteiger partial charge in [-0.25, -0.2) is 4.79 Å². The van der Waals surface area contributed by atoms with Crippen molar-refractivity contribution < 1.29 is 24.2 Å². The average molecular weight is 493 g/mol. The van der Waals surface area contributed by atoms with Crippen LogP contribution in [0.4, 0.5) is 4.79 Å². The molecule has 1 fully saturated rings. The van der Waals surface area contributed by atoms with Crippen molar-refractivity contribution in [3.8, 4) is 11.1 Å². The molecular formula is C27H28N2O5S. The Morgan fingerprint density at radius 1 is 1.03 bits per heavy atom. The maximum atomic E-state index is 13.1. The molecule has 35 heavy (non-hydrogen) atoms. The minimum absolute atomic E-state index is 0.00950. The summed E-state index contributed by atoms with van der Waals surface area (Å²) in [4.78, 5) is 38.6.